The minimum atomic E-state index is 0. The molecule has 6 nitrogen and oxygen atoms in total. The summed E-state index contributed by atoms with van der Waals surface area (Å²) >= 11 is 0. The number of ether oxygens (including phenoxy) is 3. The van der Waals surface area contributed by atoms with Crippen LogP contribution in [0.3, 0.4) is 0 Å². The maximum atomic E-state index is 5.58. The molecule has 1 aliphatic heterocycles. The summed E-state index contributed by atoms with van der Waals surface area (Å²) in [4.78, 5) is 4.59. The van der Waals surface area contributed by atoms with Gasteiger partial charge in [-0.3, -0.25) is 4.99 Å². The van der Waals surface area contributed by atoms with Gasteiger partial charge in [-0.15, -0.1) is 24.0 Å². The van der Waals surface area contributed by atoms with E-state index in [1.807, 2.05) is 12.1 Å². The van der Waals surface area contributed by atoms with E-state index in [0.29, 0.717) is 12.7 Å². The topological polar surface area (TPSA) is 64.1 Å². The van der Waals surface area contributed by atoms with E-state index in [2.05, 4.69) is 42.5 Å². The molecule has 0 atom stereocenters. The van der Waals surface area contributed by atoms with Crippen LogP contribution in [0.2, 0.25) is 0 Å². The SMILES string of the molecule is CCNC(=NCCCOCC(C)C)NCCc1ccc2c(c1)OCO2.I. The van der Waals surface area contributed by atoms with Crippen LogP contribution in [0, 0.1) is 5.92 Å². The second-order valence-electron chi connectivity index (χ2n) is 6.45. The Morgan fingerprint density at radius 2 is 2.04 bits per heavy atom. The number of hydrogen-bond acceptors (Lipinski definition) is 4. The zero-order valence-corrected chi connectivity index (χ0v) is 18.4. The maximum Gasteiger partial charge on any atom is 0.231 e. The smallest absolute Gasteiger partial charge is 0.231 e. The first-order chi connectivity index (χ1) is 12.2. The van der Waals surface area contributed by atoms with Gasteiger partial charge in [0.25, 0.3) is 0 Å². The van der Waals surface area contributed by atoms with Crippen LogP contribution in [-0.4, -0.2) is 45.6 Å². The Bertz CT molecular complexity index is 553. The average Bonchev–Trinajstić information content (AvgIpc) is 3.05. The van der Waals surface area contributed by atoms with Crippen LogP contribution in [0.15, 0.2) is 23.2 Å². The van der Waals surface area contributed by atoms with Gasteiger partial charge >= 0.3 is 0 Å². The Labute approximate surface area is 174 Å². The van der Waals surface area contributed by atoms with Crippen molar-refractivity contribution in [2.24, 2.45) is 10.9 Å². The monoisotopic (exact) mass is 477 g/mol. The van der Waals surface area contributed by atoms with E-state index in [-0.39, 0.29) is 24.0 Å². The second-order valence-corrected chi connectivity index (χ2v) is 6.45. The van der Waals surface area contributed by atoms with E-state index in [4.69, 9.17) is 14.2 Å². The molecular formula is C19H32IN3O3. The highest BCUT2D eigenvalue weighted by Gasteiger charge is 2.12. The number of fused-ring (bicyclic) bond motifs is 1. The van der Waals surface area contributed by atoms with Gasteiger partial charge in [0.15, 0.2) is 17.5 Å². The molecule has 7 heteroatoms. The summed E-state index contributed by atoms with van der Waals surface area (Å²) in [6.45, 7) is 10.7. The van der Waals surface area contributed by atoms with Gasteiger partial charge in [-0.25, -0.2) is 0 Å². The molecule has 0 aromatic heterocycles. The highest BCUT2D eigenvalue weighted by Crippen LogP contribution is 2.32. The van der Waals surface area contributed by atoms with E-state index >= 15 is 0 Å². The largest absolute Gasteiger partial charge is 0.454 e. The number of nitrogens with zero attached hydrogens (tertiary/aromatic N) is 1. The molecule has 0 amide bonds. The van der Waals surface area contributed by atoms with E-state index in [1.165, 1.54) is 5.56 Å². The van der Waals surface area contributed by atoms with Crippen molar-refractivity contribution in [1.29, 1.82) is 0 Å². The summed E-state index contributed by atoms with van der Waals surface area (Å²) in [5.74, 6) is 3.09. The lowest BCUT2D eigenvalue weighted by molar-refractivity contribution is 0.109. The summed E-state index contributed by atoms with van der Waals surface area (Å²) in [5, 5.41) is 6.65. The molecule has 0 saturated heterocycles. The molecule has 0 fully saturated rings. The highest BCUT2D eigenvalue weighted by atomic mass is 127. The molecule has 26 heavy (non-hydrogen) atoms. The van der Waals surface area contributed by atoms with Gasteiger partial charge in [0.2, 0.25) is 6.79 Å². The van der Waals surface area contributed by atoms with Crippen LogP contribution >= 0.6 is 24.0 Å². The van der Waals surface area contributed by atoms with Crippen molar-refractivity contribution < 1.29 is 14.2 Å². The molecule has 2 N–H and O–H groups in total. The van der Waals surface area contributed by atoms with Gasteiger partial charge in [-0.1, -0.05) is 19.9 Å². The molecule has 0 bridgehead atoms. The van der Waals surface area contributed by atoms with Crippen molar-refractivity contribution in [2.45, 2.75) is 33.6 Å². The second kappa shape index (κ2) is 13.0. The van der Waals surface area contributed by atoms with Crippen LogP contribution in [0.1, 0.15) is 32.8 Å². The number of nitrogens with one attached hydrogen (secondary N) is 2. The summed E-state index contributed by atoms with van der Waals surface area (Å²) in [6, 6.07) is 6.08. The van der Waals surface area contributed by atoms with Crippen molar-refractivity contribution in [3.63, 3.8) is 0 Å². The summed E-state index contributed by atoms with van der Waals surface area (Å²) in [5.41, 5.74) is 1.22. The highest BCUT2D eigenvalue weighted by molar-refractivity contribution is 14.0. The zero-order chi connectivity index (χ0) is 17.9. The Balaban J connectivity index is 0.00000338. The predicted octanol–water partition coefficient (Wildman–Crippen LogP) is 3.19. The molecule has 0 unspecified atom stereocenters. The third-order valence-corrected chi connectivity index (χ3v) is 3.66. The van der Waals surface area contributed by atoms with Crippen LogP contribution in [0.25, 0.3) is 0 Å². The van der Waals surface area contributed by atoms with Crippen LogP contribution < -0.4 is 20.1 Å². The third-order valence-electron chi connectivity index (χ3n) is 3.66. The fourth-order valence-corrected chi connectivity index (χ4v) is 2.44. The summed E-state index contributed by atoms with van der Waals surface area (Å²) in [7, 11) is 0. The normalized spacial score (nSPS) is 12.8. The molecule has 1 aliphatic rings. The van der Waals surface area contributed by atoms with Crippen LogP contribution in [0.5, 0.6) is 11.5 Å². The lowest BCUT2D eigenvalue weighted by Crippen LogP contribution is -2.38. The predicted molar refractivity (Wildman–Crippen MR) is 116 cm³/mol. The third kappa shape index (κ3) is 8.44. The lowest BCUT2D eigenvalue weighted by Gasteiger charge is -2.12. The van der Waals surface area contributed by atoms with E-state index in [1.54, 1.807) is 0 Å². The van der Waals surface area contributed by atoms with Gasteiger partial charge in [0, 0.05) is 32.8 Å². The lowest BCUT2D eigenvalue weighted by atomic mass is 10.1. The standard InChI is InChI=1S/C19H31N3O3.HI/c1-4-20-19(21-9-5-11-23-13-15(2)3)22-10-8-16-6-7-17-18(12-16)25-14-24-17;/h6-7,12,15H,4-5,8-11,13-14H2,1-3H3,(H2,20,21,22);1H. The van der Waals surface area contributed by atoms with Gasteiger partial charge < -0.3 is 24.8 Å². The van der Waals surface area contributed by atoms with Crippen molar-refractivity contribution in [3.05, 3.63) is 23.8 Å². The molecule has 0 radical (unpaired) electrons. The van der Waals surface area contributed by atoms with Gasteiger partial charge in [0.05, 0.1) is 0 Å². The van der Waals surface area contributed by atoms with Crippen molar-refractivity contribution in [3.8, 4) is 11.5 Å². The van der Waals surface area contributed by atoms with E-state index in [0.717, 1.165) is 63.1 Å². The summed E-state index contributed by atoms with van der Waals surface area (Å²) < 4.78 is 16.3. The van der Waals surface area contributed by atoms with Gasteiger partial charge in [-0.05, 0) is 43.4 Å². The van der Waals surface area contributed by atoms with Crippen LogP contribution in [-0.2, 0) is 11.2 Å². The Morgan fingerprint density at radius 1 is 1.23 bits per heavy atom. The first-order valence-corrected chi connectivity index (χ1v) is 9.17. The molecule has 1 heterocycles. The van der Waals surface area contributed by atoms with Gasteiger partial charge in [-0.2, -0.15) is 0 Å². The number of guanidine groups is 1. The van der Waals surface area contributed by atoms with E-state index in [9.17, 15) is 0 Å². The first kappa shape index (κ1) is 22.8. The quantitative estimate of drug-likeness (QED) is 0.235. The minimum absolute atomic E-state index is 0. The molecular weight excluding hydrogens is 445 g/mol. The number of halogens is 1. The Morgan fingerprint density at radius 3 is 2.81 bits per heavy atom. The van der Waals surface area contributed by atoms with Crippen LogP contribution in [0.4, 0.5) is 0 Å². The number of hydrogen-bond donors (Lipinski definition) is 2. The molecule has 2 rings (SSSR count). The number of aliphatic imine (C=N–C) groups is 1. The molecule has 1 aromatic rings. The van der Waals surface area contributed by atoms with Gasteiger partial charge in [0.1, 0.15) is 0 Å². The van der Waals surface area contributed by atoms with Crippen molar-refractivity contribution in [2.75, 3.05) is 39.6 Å². The fourth-order valence-electron chi connectivity index (χ4n) is 2.44. The minimum Gasteiger partial charge on any atom is -0.454 e. The average molecular weight is 477 g/mol. The molecule has 0 spiro atoms. The fraction of sp³-hybridized carbons (Fsp3) is 0.632. The molecule has 0 aliphatic carbocycles. The van der Waals surface area contributed by atoms with E-state index < -0.39 is 0 Å². The molecule has 1 aromatic carbocycles. The Kier molecular flexibility index (Phi) is 11.4. The zero-order valence-electron chi connectivity index (χ0n) is 16.0. The molecule has 148 valence electrons. The molecule has 0 saturated carbocycles. The van der Waals surface area contributed by atoms with Crippen molar-refractivity contribution >= 4 is 29.9 Å². The van der Waals surface area contributed by atoms with Crippen molar-refractivity contribution in [1.82, 2.24) is 10.6 Å². The Hall–Kier alpha value is -1.22. The first-order valence-electron chi connectivity index (χ1n) is 9.17. The number of rotatable bonds is 10. The number of benzene rings is 1. The maximum absolute atomic E-state index is 5.58. The summed E-state index contributed by atoms with van der Waals surface area (Å²) in [6.07, 6.45) is 1.84.